The van der Waals surface area contributed by atoms with Crippen LogP contribution >= 0.6 is 0 Å². The number of methoxy groups -OCH3 is 1. The first-order valence-electron chi connectivity index (χ1n) is 5.48. The molecule has 3 rings (SSSR count). The summed E-state index contributed by atoms with van der Waals surface area (Å²) in [6.45, 7) is 2.04. The monoisotopic (exact) mass is 218 g/mol. The minimum Gasteiger partial charge on any atom is -0.495 e. The molecule has 0 radical (unpaired) electrons. The zero-order valence-electron chi connectivity index (χ0n) is 9.18. The predicted octanol–water partition coefficient (Wildman–Crippen LogP) is 0.815. The molecule has 1 saturated heterocycles. The van der Waals surface area contributed by atoms with Gasteiger partial charge in [-0.3, -0.25) is 4.40 Å². The summed E-state index contributed by atoms with van der Waals surface area (Å²) in [5.74, 6) is 2.32. The van der Waals surface area contributed by atoms with Gasteiger partial charge in [0.25, 0.3) is 0 Å². The molecule has 1 unspecified atom stereocenters. The lowest BCUT2D eigenvalue weighted by Crippen LogP contribution is -2.10. The van der Waals surface area contributed by atoms with Crippen LogP contribution in [-0.2, 0) is 0 Å². The van der Waals surface area contributed by atoms with E-state index < -0.39 is 0 Å². The van der Waals surface area contributed by atoms with Crippen molar-refractivity contribution in [1.29, 1.82) is 0 Å². The minimum absolute atomic E-state index is 0.460. The first kappa shape index (κ1) is 9.59. The van der Waals surface area contributed by atoms with Crippen molar-refractivity contribution in [3.05, 3.63) is 24.2 Å². The van der Waals surface area contributed by atoms with Crippen LogP contribution in [0.15, 0.2) is 18.3 Å². The van der Waals surface area contributed by atoms with Gasteiger partial charge in [-0.05, 0) is 25.1 Å². The van der Waals surface area contributed by atoms with E-state index in [0.29, 0.717) is 5.92 Å². The van der Waals surface area contributed by atoms with Gasteiger partial charge in [0.2, 0.25) is 0 Å². The topological polar surface area (TPSA) is 51.5 Å². The first-order valence-corrected chi connectivity index (χ1v) is 5.48. The Morgan fingerprint density at radius 1 is 1.44 bits per heavy atom. The van der Waals surface area contributed by atoms with Crippen LogP contribution in [0.25, 0.3) is 5.65 Å². The Kier molecular flexibility index (Phi) is 2.25. The van der Waals surface area contributed by atoms with E-state index in [-0.39, 0.29) is 0 Å². The maximum Gasteiger partial charge on any atom is 0.161 e. The highest BCUT2D eigenvalue weighted by atomic mass is 16.5. The van der Waals surface area contributed by atoms with E-state index in [9.17, 15) is 0 Å². The second kappa shape index (κ2) is 3.75. The van der Waals surface area contributed by atoms with E-state index in [2.05, 4.69) is 15.5 Å². The van der Waals surface area contributed by atoms with E-state index in [1.54, 1.807) is 7.11 Å². The molecule has 84 valence electrons. The van der Waals surface area contributed by atoms with Gasteiger partial charge in [-0.2, -0.15) is 0 Å². The fraction of sp³-hybridized carbons (Fsp3) is 0.455. The number of pyridine rings is 1. The lowest BCUT2D eigenvalue weighted by molar-refractivity contribution is 0.412. The van der Waals surface area contributed by atoms with Gasteiger partial charge >= 0.3 is 0 Å². The maximum absolute atomic E-state index is 5.22. The van der Waals surface area contributed by atoms with Crippen LogP contribution < -0.4 is 10.1 Å². The first-order chi connectivity index (χ1) is 7.88. The Hall–Kier alpha value is -1.62. The quantitative estimate of drug-likeness (QED) is 0.810. The largest absolute Gasteiger partial charge is 0.495 e. The Labute approximate surface area is 93.4 Å². The summed E-state index contributed by atoms with van der Waals surface area (Å²) in [5.41, 5.74) is 0.878. The molecule has 0 spiro atoms. The fourth-order valence-electron chi connectivity index (χ4n) is 2.16. The Bertz CT molecular complexity index is 502. The molecular formula is C11H14N4O. The van der Waals surface area contributed by atoms with Crippen LogP contribution in [-0.4, -0.2) is 34.8 Å². The number of aromatic nitrogens is 3. The van der Waals surface area contributed by atoms with Gasteiger partial charge in [0.15, 0.2) is 5.65 Å². The zero-order valence-corrected chi connectivity index (χ0v) is 9.18. The van der Waals surface area contributed by atoms with Crippen LogP contribution in [0.2, 0.25) is 0 Å². The van der Waals surface area contributed by atoms with E-state index >= 15 is 0 Å². The lowest BCUT2D eigenvalue weighted by atomic mass is 10.1. The van der Waals surface area contributed by atoms with Crippen LogP contribution in [0, 0.1) is 0 Å². The summed E-state index contributed by atoms with van der Waals surface area (Å²) in [7, 11) is 1.67. The molecule has 0 bridgehead atoms. The molecule has 1 aliphatic heterocycles. The van der Waals surface area contributed by atoms with E-state index in [1.807, 2.05) is 22.7 Å². The van der Waals surface area contributed by atoms with Gasteiger partial charge in [0.1, 0.15) is 11.6 Å². The van der Waals surface area contributed by atoms with Crippen molar-refractivity contribution in [3.8, 4) is 5.75 Å². The Balaban J connectivity index is 2.09. The number of nitrogens with zero attached hydrogens (tertiary/aromatic N) is 3. The molecule has 1 fully saturated rings. The van der Waals surface area contributed by atoms with Crippen LogP contribution in [0.1, 0.15) is 18.2 Å². The number of ether oxygens (including phenoxy) is 1. The minimum atomic E-state index is 0.460. The number of fused-ring (bicyclic) bond motifs is 1. The van der Waals surface area contributed by atoms with Crippen molar-refractivity contribution in [2.24, 2.45) is 0 Å². The Morgan fingerprint density at radius 2 is 2.38 bits per heavy atom. The zero-order chi connectivity index (χ0) is 11.0. The van der Waals surface area contributed by atoms with Crippen LogP contribution in [0.5, 0.6) is 5.75 Å². The highest BCUT2D eigenvalue weighted by Gasteiger charge is 2.21. The van der Waals surface area contributed by atoms with Gasteiger partial charge < -0.3 is 10.1 Å². The second-order valence-electron chi connectivity index (χ2n) is 4.05. The third-order valence-corrected chi connectivity index (χ3v) is 3.06. The van der Waals surface area contributed by atoms with E-state index in [1.165, 1.54) is 0 Å². The molecule has 5 nitrogen and oxygen atoms in total. The molecule has 2 aromatic rings. The molecule has 16 heavy (non-hydrogen) atoms. The van der Waals surface area contributed by atoms with Crippen LogP contribution in [0.3, 0.4) is 0 Å². The number of nitrogens with one attached hydrogen (secondary N) is 1. The molecule has 3 heterocycles. The molecule has 0 aliphatic carbocycles. The summed E-state index contributed by atoms with van der Waals surface area (Å²) in [6.07, 6.45) is 3.07. The molecule has 1 N–H and O–H groups in total. The molecule has 0 aromatic carbocycles. The second-order valence-corrected chi connectivity index (χ2v) is 4.05. The molecule has 1 atom stereocenters. The third kappa shape index (κ3) is 1.44. The smallest absolute Gasteiger partial charge is 0.161 e. The van der Waals surface area contributed by atoms with Crippen LogP contribution in [0.4, 0.5) is 0 Å². The van der Waals surface area contributed by atoms with Gasteiger partial charge in [-0.15, -0.1) is 10.2 Å². The number of hydrogen-bond donors (Lipinski definition) is 1. The average Bonchev–Trinajstić information content (AvgIpc) is 2.96. The molecule has 0 saturated carbocycles. The maximum atomic E-state index is 5.22. The summed E-state index contributed by atoms with van der Waals surface area (Å²) in [4.78, 5) is 0. The van der Waals surface area contributed by atoms with E-state index in [4.69, 9.17) is 4.74 Å². The van der Waals surface area contributed by atoms with Gasteiger partial charge in [-0.25, -0.2) is 0 Å². The summed E-state index contributed by atoms with van der Waals surface area (Å²) >= 11 is 0. The summed E-state index contributed by atoms with van der Waals surface area (Å²) < 4.78 is 7.24. The molecule has 2 aromatic heterocycles. The highest BCUT2D eigenvalue weighted by molar-refractivity contribution is 5.42. The summed E-state index contributed by atoms with van der Waals surface area (Å²) in [6, 6.07) is 3.83. The van der Waals surface area contributed by atoms with Crippen molar-refractivity contribution >= 4 is 5.65 Å². The number of hydrogen-bond acceptors (Lipinski definition) is 4. The average molecular weight is 218 g/mol. The van der Waals surface area contributed by atoms with Crippen molar-refractivity contribution in [1.82, 2.24) is 19.9 Å². The molecular weight excluding hydrogens is 204 g/mol. The third-order valence-electron chi connectivity index (χ3n) is 3.06. The molecule has 1 aliphatic rings. The van der Waals surface area contributed by atoms with Crippen molar-refractivity contribution < 1.29 is 4.74 Å². The predicted molar refractivity (Wildman–Crippen MR) is 59.8 cm³/mol. The van der Waals surface area contributed by atoms with Gasteiger partial charge in [0, 0.05) is 12.5 Å². The molecule has 0 amide bonds. The SMILES string of the molecule is COc1ccc2nnc(C3CCNC3)n2c1. The van der Waals surface area contributed by atoms with Crippen molar-refractivity contribution in [2.45, 2.75) is 12.3 Å². The van der Waals surface area contributed by atoms with Crippen molar-refractivity contribution in [2.75, 3.05) is 20.2 Å². The molecule has 5 heteroatoms. The fourth-order valence-corrected chi connectivity index (χ4v) is 2.16. The van der Waals surface area contributed by atoms with E-state index in [0.717, 1.165) is 36.7 Å². The van der Waals surface area contributed by atoms with Gasteiger partial charge in [-0.1, -0.05) is 0 Å². The summed E-state index contributed by atoms with van der Waals surface area (Å²) in [5, 5.41) is 11.8. The lowest BCUT2D eigenvalue weighted by Gasteiger charge is -2.06. The number of rotatable bonds is 2. The normalized spacial score (nSPS) is 20.4. The highest BCUT2D eigenvalue weighted by Crippen LogP contribution is 2.22. The standard InChI is InChI=1S/C11H14N4O/c1-16-9-2-3-10-13-14-11(15(10)7-9)8-4-5-12-6-8/h2-3,7-8,12H,4-6H2,1H3. The van der Waals surface area contributed by atoms with Crippen molar-refractivity contribution in [3.63, 3.8) is 0 Å². The Morgan fingerprint density at radius 3 is 3.12 bits per heavy atom. The van der Waals surface area contributed by atoms with Gasteiger partial charge in [0.05, 0.1) is 13.3 Å².